The molecule has 1 aliphatic rings. The number of amidine groups is 1. The van der Waals surface area contributed by atoms with Crippen LogP contribution in [-0.4, -0.2) is 52.1 Å². The molecule has 0 atom stereocenters. The summed E-state index contributed by atoms with van der Waals surface area (Å²) in [4.78, 5) is 31.7. The number of aromatic nitrogens is 1. The zero-order valence-corrected chi connectivity index (χ0v) is 19.4. The van der Waals surface area contributed by atoms with Crippen molar-refractivity contribution in [1.82, 2.24) is 9.88 Å². The van der Waals surface area contributed by atoms with Gasteiger partial charge < -0.3 is 15.5 Å². The molecule has 2 aromatic carbocycles. The van der Waals surface area contributed by atoms with E-state index < -0.39 is 17.6 Å². The molecule has 0 radical (unpaired) electrons. The molecule has 0 aliphatic carbocycles. The molecule has 174 valence electrons. The van der Waals surface area contributed by atoms with Crippen molar-refractivity contribution in [3.63, 3.8) is 0 Å². The molecule has 1 aliphatic heterocycles. The first-order valence-corrected chi connectivity index (χ1v) is 11.9. The Bertz CT molecular complexity index is 1210. The maximum Gasteiger partial charge on any atom is 0.259 e. The van der Waals surface area contributed by atoms with Crippen LogP contribution in [0.25, 0.3) is 0 Å². The SMILES string of the molecule is Cc1ccc(NC(=O)c2cc(F)ccc2NC(=O)c2ccc(C(=N)N3CCSCC3)cc2)nc1. The molecule has 7 nitrogen and oxygen atoms in total. The normalized spacial score (nSPS) is 13.3. The number of hydrogen-bond donors (Lipinski definition) is 3. The van der Waals surface area contributed by atoms with Crippen molar-refractivity contribution in [2.24, 2.45) is 0 Å². The van der Waals surface area contributed by atoms with Crippen LogP contribution in [0.4, 0.5) is 15.9 Å². The zero-order chi connectivity index (χ0) is 24.1. The summed E-state index contributed by atoms with van der Waals surface area (Å²) in [6.07, 6.45) is 1.61. The number of pyridine rings is 1. The van der Waals surface area contributed by atoms with Crippen LogP contribution in [0.1, 0.15) is 31.8 Å². The van der Waals surface area contributed by atoms with Crippen LogP contribution in [0.15, 0.2) is 60.8 Å². The summed E-state index contributed by atoms with van der Waals surface area (Å²) >= 11 is 1.88. The van der Waals surface area contributed by atoms with Crippen molar-refractivity contribution in [3.8, 4) is 0 Å². The number of aryl methyl sites for hydroxylation is 1. The molecule has 0 bridgehead atoms. The fraction of sp³-hybridized carbons (Fsp3) is 0.200. The molecule has 34 heavy (non-hydrogen) atoms. The van der Waals surface area contributed by atoms with Gasteiger partial charge in [-0.15, -0.1) is 0 Å². The molecule has 1 saturated heterocycles. The van der Waals surface area contributed by atoms with Crippen LogP contribution in [0.2, 0.25) is 0 Å². The largest absolute Gasteiger partial charge is 0.355 e. The molecular formula is C25H24FN5O2S. The van der Waals surface area contributed by atoms with Crippen LogP contribution in [-0.2, 0) is 0 Å². The molecule has 1 aromatic heterocycles. The van der Waals surface area contributed by atoms with Crippen molar-refractivity contribution in [2.45, 2.75) is 6.92 Å². The van der Waals surface area contributed by atoms with E-state index in [1.54, 1.807) is 42.6 Å². The Morgan fingerprint density at radius 3 is 2.35 bits per heavy atom. The van der Waals surface area contributed by atoms with Crippen molar-refractivity contribution in [2.75, 3.05) is 35.2 Å². The number of hydrogen-bond acceptors (Lipinski definition) is 5. The van der Waals surface area contributed by atoms with Gasteiger partial charge in [0.2, 0.25) is 0 Å². The Kier molecular flexibility index (Phi) is 7.22. The van der Waals surface area contributed by atoms with E-state index >= 15 is 0 Å². The average Bonchev–Trinajstić information content (AvgIpc) is 2.86. The minimum Gasteiger partial charge on any atom is -0.355 e. The number of thioether (sulfide) groups is 1. The Balaban J connectivity index is 1.47. The highest BCUT2D eigenvalue weighted by Gasteiger charge is 2.18. The lowest BCUT2D eigenvalue weighted by Crippen LogP contribution is -2.37. The predicted octanol–water partition coefficient (Wildman–Crippen LogP) is 4.41. The predicted molar refractivity (Wildman–Crippen MR) is 133 cm³/mol. The highest BCUT2D eigenvalue weighted by atomic mass is 32.2. The van der Waals surface area contributed by atoms with Crippen molar-refractivity contribution >= 4 is 40.9 Å². The van der Waals surface area contributed by atoms with E-state index in [-0.39, 0.29) is 11.3 Å². The molecule has 9 heteroatoms. The molecule has 0 unspecified atom stereocenters. The first-order chi connectivity index (χ1) is 16.4. The molecular weight excluding hydrogens is 453 g/mol. The monoisotopic (exact) mass is 477 g/mol. The summed E-state index contributed by atoms with van der Waals surface area (Å²) in [5, 5.41) is 13.7. The van der Waals surface area contributed by atoms with Crippen molar-refractivity contribution in [1.29, 1.82) is 5.41 Å². The van der Waals surface area contributed by atoms with Gasteiger partial charge in [0.1, 0.15) is 17.5 Å². The summed E-state index contributed by atoms with van der Waals surface area (Å²) in [6.45, 7) is 3.54. The Morgan fingerprint density at radius 1 is 0.971 bits per heavy atom. The lowest BCUT2D eigenvalue weighted by Gasteiger charge is -2.28. The van der Waals surface area contributed by atoms with Crippen LogP contribution in [0.5, 0.6) is 0 Å². The third kappa shape index (κ3) is 5.60. The van der Waals surface area contributed by atoms with Crippen LogP contribution in [0, 0.1) is 18.2 Å². The second-order valence-electron chi connectivity index (χ2n) is 7.84. The summed E-state index contributed by atoms with van der Waals surface area (Å²) in [5.41, 5.74) is 2.20. The summed E-state index contributed by atoms with van der Waals surface area (Å²) in [5.74, 6) is 1.12. The quantitative estimate of drug-likeness (QED) is 0.374. The minimum absolute atomic E-state index is 0.0166. The fourth-order valence-corrected chi connectivity index (χ4v) is 4.39. The maximum atomic E-state index is 13.9. The van der Waals surface area contributed by atoms with Crippen LogP contribution >= 0.6 is 11.8 Å². The average molecular weight is 478 g/mol. The Labute approximate surface area is 201 Å². The first kappa shape index (κ1) is 23.4. The minimum atomic E-state index is -0.598. The number of nitrogens with zero attached hydrogens (tertiary/aromatic N) is 2. The lowest BCUT2D eigenvalue weighted by molar-refractivity contribution is 0.102. The van der Waals surface area contributed by atoms with Crippen molar-refractivity contribution in [3.05, 3.63) is 88.9 Å². The number of nitrogens with one attached hydrogen (secondary N) is 3. The van der Waals surface area contributed by atoms with Crippen LogP contribution in [0.3, 0.4) is 0 Å². The highest BCUT2D eigenvalue weighted by Crippen LogP contribution is 2.20. The zero-order valence-electron chi connectivity index (χ0n) is 18.6. The summed E-state index contributed by atoms with van der Waals surface area (Å²) < 4.78 is 13.9. The van der Waals surface area contributed by atoms with Gasteiger partial charge in [-0.3, -0.25) is 15.0 Å². The third-order valence-electron chi connectivity index (χ3n) is 5.38. The molecule has 3 N–H and O–H groups in total. The van der Waals surface area contributed by atoms with Gasteiger partial charge in [0.05, 0.1) is 11.3 Å². The van der Waals surface area contributed by atoms with Gasteiger partial charge in [0, 0.05) is 41.9 Å². The first-order valence-electron chi connectivity index (χ1n) is 10.8. The van der Waals surface area contributed by atoms with Crippen molar-refractivity contribution < 1.29 is 14.0 Å². The number of halogens is 1. The number of amides is 2. The topological polar surface area (TPSA) is 98.2 Å². The molecule has 2 amide bonds. The van der Waals surface area contributed by atoms with E-state index in [1.165, 1.54) is 12.1 Å². The summed E-state index contributed by atoms with van der Waals surface area (Å²) in [6, 6.07) is 13.8. The van der Waals surface area contributed by atoms with E-state index in [2.05, 4.69) is 15.6 Å². The maximum absolute atomic E-state index is 13.9. The van der Waals surface area contributed by atoms with Gasteiger partial charge in [0.25, 0.3) is 11.8 Å². The standard InChI is InChI=1S/C25H24FN5O2S/c1-16-2-9-22(28-15-16)30-25(33)20-14-19(26)7-8-21(20)29-24(32)18-5-3-17(4-6-18)23(27)31-10-12-34-13-11-31/h2-9,14-15,27H,10-13H2,1H3,(H,29,32)(H,28,30,33). The second-order valence-corrected chi connectivity index (χ2v) is 9.07. The molecule has 2 heterocycles. The van der Waals surface area contributed by atoms with E-state index in [0.29, 0.717) is 17.2 Å². The number of benzene rings is 2. The second kappa shape index (κ2) is 10.5. The van der Waals surface area contributed by atoms with Gasteiger partial charge >= 0.3 is 0 Å². The van der Waals surface area contributed by atoms with Gasteiger partial charge in [-0.25, -0.2) is 9.37 Å². The number of rotatable bonds is 5. The molecule has 3 aromatic rings. The molecule has 4 rings (SSSR count). The highest BCUT2D eigenvalue weighted by molar-refractivity contribution is 7.99. The number of anilines is 2. The van der Waals surface area contributed by atoms with Crippen LogP contribution < -0.4 is 10.6 Å². The third-order valence-corrected chi connectivity index (χ3v) is 6.32. The smallest absolute Gasteiger partial charge is 0.259 e. The number of carbonyl (C=O) groups excluding carboxylic acids is 2. The van der Waals surface area contributed by atoms with Gasteiger partial charge in [-0.05, 0) is 48.9 Å². The van der Waals surface area contributed by atoms with Gasteiger partial charge in [0.15, 0.2) is 0 Å². The number of carbonyl (C=O) groups is 2. The molecule has 0 saturated carbocycles. The lowest BCUT2D eigenvalue weighted by atomic mass is 10.1. The van der Waals surface area contributed by atoms with Gasteiger partial charge in [-0.2, -0.15) is 11.8 Å². The van der Waals surface area contributed by atoms with E-state index in [4.69, 9.17) is 5.41 Å². The van der Waals surface area contributed by atoms with E-state index in [0.717, 1.165) is 41.8 Å². The molecule has 0 spiro atoms. The van der Waals surface area contributed by atoms with E-state index in [1.807, 2.05) is 23.6 Å². The van der Waals surface area contributed by atoms with E-state index in [9.17, 15) is 14.0 Å². The van der Waals surface area contributed by atoms with Gasteiger partial charge in [-0.1, -0.05) is 18.2 Å². The summed E-state index contributed by atoms with van der Waals surface area (Å²) in [7, 11) is 0. The Morgan fingerprint density at radius 2 is 1.68 bits per heavy atom. The Hall–Kier alpha value is -3.72. The fourth-order valence-electron chi connectivity index (χ4n) is 3.48. The molecule has 1 fully saturated rings.